The Labute approximate surface area is 287 Å². The van der Waals surface area contributed by atoms with Crippen LogP contribution in [0, 0.1) is 11.6 Å². The van der Waals surface area contributed by atoms with Crippen LogP contribution in [0.25, 0.3) is 0 Å². The van der Waals surface area contributed by atoms with Crippen molar-refractivity contribution in [3.05, 3.63) is 181 Å². The quantitative estimate of drug-likeness (QED) is 0.129. The molecule has 0 aliphatic rings. The van der Waals surface area contributed by atoms with E-state index in [1.165, 1.54) is 24.3 Å². The summed E-state index contributed by atoms with van der Waals surface area (Å²) in [6, 6.07) is 47.6. The summed E-state index contributed by atoms with van der Waals surface area (Å²) in [5.41, 5.74) is 0. The zero-order valence-electron chi connectivity index (χ0n) is 26.4. The van der Waals surface area contributed by atoms with Crippen molar-refractivity contribution in [2.24, 2.45) is 0 Å². The predicted octanol–water partition coefficient (Wildman–Crippen LogP) is 12.7. The van der Waals surface area contributed by atoms with Crippen molar-refractivity contribution in [2.45, 2.75) is 0 Å². The third-order valence-corrected chi connectivity index (χ3v) is 7.18. The van der Waals surface area contributed by atoms with Crippen LogP contribution in [0.4, 0.5) is 8.78 Å². The van der Waals surface area contributed by atoms with Gasteiger partial charge in [0.15, 0.2) is 46.0 Å². The van der Waals surface area contributed by atoms with Gasteiger partial charge in [0.2, 0.25) is 0 Å². The molecule has 7 aromatic carbocycles. The standard InChI is InChI=1S/C42H28F2O6/c43-29-20-24-31(25-21-29)45-35-12-1-5-16-39(35)49-41-18-7-3-14-37(41)47-33-10-9-11-34(28-33)48-38-15-4-8-19-42(38)50-40-17-6-2-13-36(40)46-32-26-22-30(44)23-27-32/h1-28H. The second-order valence-corrected chi connectivity index (χ2v) is 10.8. The summed E-state index contributed by atoms with van der Waals surface area (Å²) in [7, 11) is 0. The Kier molecular flexibility index (Phi) is 9.51. The summed E-state index contributed by atoms with van der Waals surface area (Å²) in [5, 5.41) is 0. The first-order valence-electron chi connectivity index (χ1n) is 15.6. The Morgan fingerprint density at radius 3 is 0.800 bits per heavy atom. The normalized spacial score (nSPS) is 10.6. The Bertz CT molecular complexity index is 2050. The molecule has 50 heavy (non-hydrogen) atoms. The summed E-state index contributed by atoms with van der Waals surface area (Å²) >= 11 is 0. The number of halogens is 2. The van der Waals surface area contributed by atoms with Gasteiger partial charge in [-0.15, -0.1) is 0 Å². The van der Waals surface area contributed by atoms with Crippen molar-refractivity contribution >= 4 is 0 Å². The second-order valence-electron chi connectivity index (χ2n) is 10.8. The van der Waals surface area contributed by atoms with Crippen LogP contribution in [0.1, 0.15) is 0 Å². The lowest BCUT2D eigenvalue weighted by Gasteiger charge is -2.16. The molecular formula is C42H28F2O6. The van der Waals surface area contributed by atoms with Gasteiger partial charge in [0.25, 0.3) is 0 Å². The fourth-order valence-electron chi connectivity index (χ4n) is 4.83. The van der Waals surface area contributed by atoms with Crippen molar-refractivity contribution < 1.29 is 37.2 Å². The topological polar surface area (TPSA) is 55.4 Å². The second kappa shape index (κ2) is 15.0. The third-order valence-electron chi connectivity index (χ3n) is 7.18. The van der Waals surface area contributed by atoms with E-state index in [1.807, 2.05) is 54.6 Å². The minimum Gasteiger partial charge on any atom is -0.453 e. The van der Waals surface area contributed by atoms with Crippen LogP contribution < -0.4 is 28.4 Å². The molecule has 0 N–H and O–H groups in total. The van der Waals surface area contributed by atoms with Gasteiger partial charge < -0.3 is 28.4 Å². The first-order chi connectivity index (χ1) is 24.6. The largest absolute Gasteiger partial charge is 0.453 e. The van der Waals surface area contributed by atoms with E-state index >= 15 is 0 Å². The van der Waals surface area contributed by atoms with Crippen molar-refractivity contribution in [3.63, 3.8) is 0 Å². The first-order valence-corrected chi connectivity index (χ1v) is 15.6. The summed E-state index contributed by atoms with van der Waals surface area (Å²) in [6.07, 6.45) is 0. The van der Waals surface area contributed by atoms with Crippen molar-refractivity contribution in [2.75, 3.05) is 0 Å². The molecule has 0 amide bonds. The number of para-hydroxylation sites is 8. The maximum Gasteiger partial charge on any atom is 0.170 e. The van der Waals surface area contributed by atoms with Crippen LogP contribution in [0.2, 0.25) is 0 Å². The van der Waals surface area contributed by atoms with Gasteiger partial charge in [0.05, 0.1) is 0 Å². The molecule has 0 aromatic heterocycles. The third kappa shape index (κ3) is 8.00. The maximum atomic E-state index is 13.4. The molecule has 0 atom stereocenters. The van der Waals surface area contributed by atoms with Gasteiger partial charge >= 0.3 is 0 Å². The summed E-state index contributed by atoms with van der Waals surface area (Å²) in [6.45, 7) is 0. The average molecular weight is 667 g/mol. The summed E-state index contributed by atoms with van der Waals surface area (Å²) < 4.78 is 63.8. The smallest absolute Gasteiger partial charge is 0.170 e. The van der Waals surface area contributed by atoms with Crippen LogP contribution >= 0.6 is 0 Å². The number of hydrogen-bond acceptors (Lipinski definition) is 6. The molecule has 0 bridgehead atoms. The molecule has 0 unspecified atom stereocenters. The number of benzene rings is 7. The minimum absolute atomic E-state index is 0.351. The van der Waals surface area contributed by atoms with Gasteiger partial charge in [-0.3, -0.25) is 0 Å². The van der Waals surface area contributed by atoms with E-state index in [4.69, 9.17) is 28.4 Å². The van der Waals surface area contributed by atoms with Gasteiger partial charge in [-0.25, -0.2) is 8.78 Å². The molecule has 0 fully saturated rings. The fourth-order valence-corrected chi connectivity index (χ4v) is 4.83. The first kappa shape index (κ1) is 31.8. The Morgan fingerprint density at radius 1 is 0.240 bits per heavy atom. The molecule has 0 saturated heterocycles. The molecule has 0 heterocycles. The highest BCUT2D eigenvalue weighted by Gasteiger charge is 2.14. The number of hydrogen-bond donors (Lipinski definition) is 0. The van der Waals surface area contributed by atoms with E-state index in [1.54, 1.807) is 91.0 Å². The van der Waals surface area contributed by atoms with E-state index < -0.39 is 0 Å². The van der Waals surface area contributed by atoms with Gasteiger partial charge in [0, 0.05) is 6.07 Å². The molecule has 246 valence electrons. The molecule has 7 aromatic rings. The van der Waals surface area contributed by atoms with Crippen LogP contribution in [-0.4, -0.2) is 0 Å². The van der Waals surface area contributed by atoms with Crippen molar-refractivity contribution in [1.82, 2.24) is 0 Å². The van der Waals surface area contributed by atoms with Gasteiger partial charge in [-0.1, -0.05) is 54.6 Å². The molecule has 0 aliphatic heterocycles. The van der Waals surface area contributed by atoms with Gasteiger partial charge in [0.1, 0.15) is 34.6 Å². The SMILES string of the molecule is Fc1ccc(Oc2ccccc2Oc2ccccc2Oc2cccc(Oc3ccccc3Oc3ccccc3Oc3ccc(F)cc3)c2)cc1. The molecule has 0 aliphatic carbocycles. The maximum absolute atomic E-state index is 13.4. The molecular weight excluding hydrogens is 638 g/mol. The van der Waals surface area contributed by atoms with Crippen LogP contribution in [0.5, 0.6) is 69.0 Å². The molecule has 8 heteroatoms. The average Bonchev–Trinajstić information content (AvgIpc) is 3.14. The summed E-state index contributed by atoms with van der Waals surface area (Å²) in [5.74, 6) is 4.89. The zero-order chi connectivity index (χ0) is 34.1. The fraction of sp³-hybridized carbons (Fsp3) is 0. The van der Waals surface area contributed by atoms with Crippen LogP contribution in [-0.2, 0) is 0 Å². The monoisotopic (exact) mass is 666 g/mol. The molecule has 6 nitrogen and oxygen atoms in total. The predicted molar refractivity (Wildman–Crippen MR) is 185 cm³/mol. The minimum atomic E-state index is -0.351. The lowest BCUT2D eigenvalue weighted by atomic mass is 10.2. The molecule has 0 spiro atoms. The van der Waals surface area contributed by atoms with Crippen LogP contribution in [0.15, 0.2) is 170 Å². The van der Waals surface area contributed by atoms with Crippen molar-refractivity contribution in [1.29, 1.82) is 0 Å². The van der Waals surface area contributed by atoms with E-state index in [0.29, 0.717) is 69.0 Å². The van der Waals surface area contributed by atoms with Crippen LogP contribution in [0.3, 0.4) is 0 Å². The van der Waals surface area contributed by atoms with E-state index in [0.717, 1.165) is 0 Å². The van der Waals surface area contributed by atoms with E-state index in [2.05, 4.69) is 0 Å². The van der Waals surface area contributed by atoms with Gasteiger partial charge in [-0.05, 0) is 109 Å². The van der Waals surface area contributed by atoms with Gasteiger partial charge in [-0.2, -0.15) is 0 Å². The molecule has 7 rings (SSSR count). The highest BCUT2D eigenvalue weighted by molar-refractivity contribution is 5.52. The Balaban J connectivity index is 1.07. The zero-order valence-corrected chi connectivity index (χ0v) is 26.4. The highest BCUT2D eigenvalue weighted by Crippen LogP contribution is 2.42. The Hall–Kier alpha value is -6.80. The van der Waals surface area contributed by atoms with E-state index in [9.17, 15) is 8.78 Å². The number of rotatable bonds is 12. The lowest BCUT2D eigenvalue weighted by Crippen LogP contribution is -1.94. The highest BCUT2D eigenvalue weighted by atomic mass is 19.1. The lowest BCUT2D eigenvalue weighted by molar-refractivity contribution is 0.388. The molecule has 0 radical (unpaired) electrons. The number of ether oxygens (including phenoxy) is 6. The Morgan fingerprint density at radius 2 is 0.500 bits per heavy atom. The molecule has 0 saturated carbocycles. The van der Waals surface area contributed by atoms with E-state index in [-0.39, 0.29) is 11.6 Å². The van der Waals surface area contributed by atoms with Crippen molar-refractivity contribution in [3.8, 4) is 69.0 Å². The summed E-state index contributed by atoms with van der Waals surface area (Å²) in [4.78, 5) is 0.